The third-order valence-electron chi connectivity index (χ3n) is 3.09. The van der Waals surface area contributed by atoms with Crippen molar-refractivity contribution >= 4 is 40.5 Å². The van der Waals surface area contributed by atoms with Crippen LogP contribution < -0.4 is 20.7 Å². The Labute approximate surface area is 145 Å². The summed E-state index contributed by atoms with van der Waals surface area (Å²) in [5, 5.41) is 8.91. The van der Waals surface area contributed by atoms with E-state index < -0.39 is 0 Å². The molecule has 0 aromatic heterocycles. The molecule has 0 aliphatic rings. The lowest BCUT2D eigenvalue weighted by Crippen LogP contribution is -2.22. The quantitative estimate of drug-likeness (QED) is 0.748. The average molecular weight is 348 g/mol. The van der Waals surface area contributed by atoms with Gasteiger partial charge in [-0.2, -0.15) is 0 Å². The molecule has 0 saturated heterocycles. The summed E-state index contributed by atoms with van der Waals surface area (Å²) >= 11 is 5.96. The molecule has 0 atom stereocenters. The first-order valence-corrected chi connectivity index (χ1v) is 7.60. The van der Waals surface area contributed by atoms with Crippen LogP contribution in [-0.2, 0) is 9.59 Å². The summed E-state index contributed by atoms with van der Waals surface area (Å²) in [7, 11) is 1.56. The Hall–Kier alpha value is -2.73. The van der Waals surface area contributed by atoms with Crippen molar-refractivity contribution in [2.45, 2.75) is 6.92 Å². The predicted molar refractivity (Wildman–Crippen MR) is 95.9 cm³/mol. The Morgan fingerprint density at radius 2 is 1.88 bits per heavy atom. The molecular formula is C17H18ClN3O3. The van der Waals surface area contributed by atoms with Crippen LogP contribution in [0.4, 0.5) is 17.1 Å². The minimum Gasteiger partial charge on any atom is -0.497 e. The molecule has 3 N–H and O–H groups in total. The number of ether oxygens (including phenoxy) is 1. The molecule has 2 aromatic rings. The molecule has 2 rings (SSSR count). The number of methoxy groups -OCH3 is 1. The van der Waals surface area contributed by atoms with Crippen LogP contribution in [-0.4, -0.2) is 25.5 Å². The van der Waals surface area contributed by atoms with Gasteiger partial charge in [-0.05, 0) is 30.3 Å². The maximum Gasteiger partial charge on any atom is 0.243 e. The van der Waals surface area contributed by atoms with Gasteiger partial charge in [0.05, 0.1) is 25.0 Å². The normalized spacial score (nSPS) is 9.96. The molecule has 0 heterocycles. The van der Waals surface area contributed by atoms with Gasteiger partial charge in [-0.1, -0.05) is 17.7 Å². The molecule has 7 heteroatoms. The summed E-state index contributed by atoms with van der Waals surface area (Å²) in [5.41, 5.74) is 1.76. The molecule has 0 fully saturated rings. The Balaban J connectivity index is 2.00. The number of halogens is 1. The minimum absolute atomic E-state index is 0.0180. The van der Waals surface area contributed by atoms with Crippen LogP contribution >= 0.6 is 11.6 Å². The maximum atomic E-state index is 12.1. The van der Waals surface area contributed by atoms with Crippen molar-refractivity contribution in [1.29, 1.82) is 0 Å². The average Bonchev–Trinajstić information content (AvgIpc) is 2.55. The minimum atomic E-state index is -0.239. The molecule has 6 nitrogen and oxygen atoms in total. The third-order valence-corrected chi connectivity index (χ3v) is 3.32. The molecule has 0 aliphatic carbocycles. The highest BCUT2D eigenvalue weighted by molar-refractivity contribution is 6.31. The van der Waals surface area contributed by atoms with Crippen molar-refractivity contribution in [3.63, 3.8) is 0 Å². The first kappa shape index (κ1) is 17.6. The fraction of sp³-hybridized carbons (Fsp3) is 0.176. The molecule has 2 aromatic carbocycles. The van der Waals surface area contributed by atoms with Gasteiger partial charge in [-0.3, -0.25) is 9.59 Å². The molecule has 0 spiro atoms. The summed E-state index contributed by atoms with van der Waals surface area (Å²) in [5.74, 6) is 0.210. The second-order valence-corrected chi connectivity index (χ2v) is 5.44. The first-order chi connectivity index (χ1) is 11.5. The molecule has 0 saturated carbocycles. The lowest BCUT2D eigenvalue weighted by Gasteiger charge is -2.13. The summed E-state index contributed by atoms with van der Waals surface area (Å²) < 4.78 is 5.11. The number of hydrogen-bond acceptors (Lipinski definition) is 4. The topological polar surface area (TPSA) is 79.5 Å². The molecule has 0 bridgehead atoms. The molecule has 0 aliphatic heterocycles. The second-order valence-electron chi connectivity index (χ2n) is 5.00. The van der Waals surface area contributed by atoms with Crippen LogP contribution in [0.15, 0.2) is 42.5 Å². The van der Waals surface area contributed by atoms with Crippen LogP contribution in [0.25, 0.3) is 0 Å². The molecular weight excluding hydrogens is 330 g/mol. The van der Waals surface area contributed by atoms with E-state index in [4.69, 9.17) is 16.3 Å². The second kappa shape index (κ2) is 8.21. The van der Waals surface area contributed by atoms with E-state index in [1.165, 1.54) is 6.92 Å². The van der Waals surface area contributed by atoms with Crippen LogP contribution in [0.1, 0.15) is 6.92 Å². The van der Waals surface area contributed by atoms with Gasteiger partial charge in [0.2, 0.25) is 11.8 Å². The molecule has 0 unspecified atom stereocenters. The van der Waals surface area contributed by atoms with E-state index in [2.05, 4.69) is 16.0 Å². The zero-order valence-corrected chi connectivity index (χ0v) is 14.1. The monoisotopic (exact) mass is 347 g/mol. The summed E-state index contributed by atoms with van der Waals surface area (Å²) in [6.45, 7) is 1.43. The summed E-state index contributed by atoms with van der Waals surface area (Å²) in [6.07, 6.45) is 0. The van der Waals surface area contributed by atoms with E-state index in [-0.39, 0.29) is 18.4 Å². The van der Waals surface area contributed by atoms with E-state index in [0.717, 1.165) is 0 Å². The van der Waals surface area contributed by atoms with Gasteiger partial charge in [0.1, 0.15) is 5.75 Å². The SMILES string of the molecule is COc1cccc(NC(=O)CNc2cc(Cl)ccc2NC(C)=O)c1. The van der Waals surface area contributed by atoms with Crippen LogP contribution in [0.2, 0.25) is 5.02 Å². The number of anilines is 3. The number of amides is 2. The van der Waals surface area contributed by atoms with E-state index in [9.17, 15) is 9.59 Å². The first-order valence-electron chi connectivity index (χ1n) is 7.23. The van der Waals surface area contributed by atoms with Crippen molar-refractivity contribution in [2.24, 2.45) is 0 Å². The number of rotatable bonds is 6. The summed E-state index contributed by atoms with van der Waals surface area (Å²) in [4.78, 5) is 23.3. The van der Waals surface area contributed by atoms with E-state index in [1.807, 2.05) is 0 Å². The van der Waals surface area contributed by atoms with Crippen molar-refractivity contribution in [3.05, 3.63) is 47.5 Å². The molecule has 0 radical (unpaired) electrons. The smallest absolute Gasteiger partial charge is 0.243 e. The van der Waals surface area contributed by atoms with Gasteiger partial charge < -0.3 is 20.7 Å². The van der Waals surface area contributed by atoms with Crippen LogP contribution in [0, 0.1) is 0 Å². The zero-order valence-electron chi connectivity index (χ0n) is 13.4. The van der Waals surface area contributed by atoms with Crippen molar-refractivity contribution < 1.29 is 14.3 Å². The number of hydrogen-bond donors (Lipinski definition) is 3. The van der Waals surface area contributed by atoms with Crippen molar-refractivity contribution in [2.75, 3.05) is 29.6 Å². The number of carbonyl (C=O) groups excluding carboxylic acids is 2. The van der Waals surface area contributed by atoms with Crippen LogP contribution in [0.5, 0.6) is 5.75 Å². The number of benzene rings is 2. The van der Waals surface area contributed by atoms with Gasteiger partial charge in [-0.25, -0.2) is 0 Å². The lowest BCUT2D eigenvalue weighted by atomic mass is 10.2. The van der Waals surface area contributed by atoms with E-state index in [0.29, 0.717) is 27.8 Å². The van der Waals surface area contributed by atoms with Gasteiger partial charge in [0, 0.05) is 23.7 Å². The number of carbonyl (C=O) groups is 2. The Morgan fingerprint density at radius 3 is 2.58 bits per heavy atom. The third kappa shape index (κ3) is 5.17. The molecule has 2 amide bonds. The van der Waals surface area contributed by atoms with Crippen molar-refractivity contribution in [3.8, 4) is 5.75 Å². The predicted octanol–water partition coefficient (Wildman–Crippen LogP) is 3.36. The van der Waals surface area contributed by atoms with Gasteiger partial charge in [0.15, 0.2) is 0 Å². The maximum absolute atomic E-state index is 12.1. The Kier molecular flexibility index (Phi) is 6.03. The van der Waals surface area contributed by atoms with Crippen LogP contribution in [0.3, 0.4) is 0 Å². The number of nitrogens with one attached hydrogen (secondary N) is 3. The summed E-state index contributed by atoms with van der Waals surface area (Å²) in [6, 6.07) is 12.0. The fourth-order valence-corrected chi connectivity index (χ4v) is 2.21. The molecule has 24 heavy (non-hydrogen) atoms. The fourth-order valence-electron chi connectivity index (χ4n) is 2.04. The standard InChI is InChI=1S/C17H18ClN3O3/c1-11(22)20-15-7-6-12(18)8-16(15)19-10-17(23)21-13-4-3-5-14(9-13)24-2/h3-9,19H,10H2,1-2H3,(H,20,22)(H,21,23). The Bertz CT molecular complexity index is 750. The molecule has 126 valence electrons. The van der Waals surface area contributed by atoms with E-state index >= 15 is 0 Å². The largest absolute Gasteiger partial charge is 0.497 e. The van der Waals surface area contributed by atoms with Gasteiger partial charge in [-0.15, -0.1) is 0 Å². The zero-order chi connectivity index (χ0) is 17.5. The van der Waals surface area contributed by atoms with Gasteiger partial charge in [0.25, 0.3) is 0 Å². The van der Waals surface area contributed by atoms with Crippen molar-refractivity contribution in [1.82, 2.24) is 0 Å². The lowest BCUT2D eigenvalue weighted by molar-refractivity contribution is -0.115. The highest BCUT2D eigenvalue weighted by Crippen LogP contribution is 2.25. The Morgan fingerprint density at radius 1 is 1.08 bits per heavy atom. The highest BCUT2D eigenvalue weighted by atomic mass is 35.5. The van der Waals surface area contributed by atoms with Gasteiger partial charge >= 0.3 is 0 Å². The highest BCUT2D eigenvalue weighted by Gasteiger charge is 2.08. The van der Waals surface area contributed by atoms with E-state index in [1.54, 1.807) is 49.6 Å².